The number of aromatic nitrogens is 1. The first-order valence-electron chi connectivity index (χ1n) is 10.3. The van der Waals surface area contributed by atoms with Crippen LogP contribution < -0.4 is 0 Å². The second-order valence-corrected chi connectivity index (χ2v) is 9.29. The highest BCUT2D eigenvalue weighted by atomic mass is 32.2. The number of carbonyl (C=O) groups is 1. The summed E-state index contributed by atoms with van der Waals surface area (Å²) in [4.78, 5) is 11.4. The Kier molecular flexibility index (Phi) is 5.62. The minimum absolute atomic E-state index is 0.0560. The second-order valence-electron chi connectivity index (χ2n) is 7.29. The lowest BCUT2D eigenvalue weighted by molar-refractivity contribution is -0.137. The Labute approximate surface area is 177 Å². The van der Waals surface area contributed by atoms with Gasteiger partial charge in [0.1, 0.15) is 12.4 Å². The summed E-state index contributed by atoms with van der Waals surface area (Å²) in [6.45, 7) is -0.121. The van der Waals surface area contributed by atoms with Crippen molar-refractivity contribution in [3.05, 3.63) is 65.6 Å². The first-order valence-corrected chi connectivity index (χ1v) is 10.8. The van der Waals surface area contributed by atoms with E-state index in [1.165, 1.54) is 23.8 Å². The van der Waals surface area contributed by atoms with Crippen LogP contribution in [0.15, 0.2) is 53.4 Å². The van der Waals surface area contributed by atoms with Crippen LogP contribution in [-0.4, -0.2) is 41.5 Å². The number of likely N-dealkylation sites (N-methyl/N-ethyl adjacent to an activating group) is 1. The number of rotatable bonds is 5. The topological polar surface area (TPSA) is 79.6 Å². The predicted molar refractivity (Wildman–Crippen MR) is 113 cm³/mol. The van der Waals surface area contributed by atoms with E-state index in [9.17, 15) is 22.7 Å². The van der Waals surface area contributed by atoms with Crippen LogP contribution in [-0.2, 0) is 34.2 Å². The molecular weight excluding hydrogens is 407 g/mol. The summed E-state index contributed by atoms with van der Waals surface area (Å²) in [5, 5.41) is 10.3. The summed E-state index contributed by atoms with van der Waals surface area (Å²) in [5.41, 5.74) is 2.81. The number of halogens is 1. The monoisotopic (exact) mass is 434 g/mol. The van der Waals surface area contributed by atoms with E-state index in [1.807, 2.05) is 28.8 Å². The van der Waals surface area contributed by atoms with Gasteiger partial charge in [-0.2, -0.15) is 4.31 Å². The van der Waals surface area contributed by atoms with Crippen LogP contribution in [0.4, 0.5) is 4.39 Å². The molecule has 1 heterocycles. The number of sulfonamides is 1. The lowest BCUT2D eigenvalue weighted by atomic mass is 9.91. The molecule has 0 aliphatic heterocycles. The third-order valence-corrected chi connectivity index (χ3v) is 7.57. The number of nitrogens with zero attached hydrogens (tertiary/aromatic N) is 2. The van der Waals surface area contributed by atoms with Crippen LogP contribution >= 0.6 is 0 Å². The summed E-state index contributed by atoms with van der Waals surface area (Å²) in [5.74, 6) is -1.40. The lowest BCUT2D eigenvalue weighted by Gasteiger charge is -2.31. The lowest BCUT2D eigenvalue weighted by Crippen LogP contribution is -2.40. The maximum atomic E-state index is 13.2. The van der Waals surface area contributed by atoms with E-state index in [0.717, 1.165) is 34.3 Å². The minimum Gasteiger partial charge on any atom is -0.480 e. The molecule has 1 unspecified atom stereocenters. The molecular formula is C22H25FN2O4S. The number of fused-ring (bicyclic) bond motifs is 3. The van der Waals surface area contributed by atoms with Gasteiger partial charge in [0, 0.05) is 31.1 Å². The fourth-order valence-corrected chi connectivity index (χ4v) is 5.56. The molecule has 30 heavy (non-hydrogen) atoms. The van der Waals surface area contributed by atoms with Gasteiger partial charge in [0.2, 0.25) is 10.0 Å². The van der Waals surface area contributed by atoms with E-state index >= 15 is 0 Å². The molecule has 1 atom stereocenters. The molecule has 1 aliphatic carbocycles. The van der Waals surface area contributed by atoms with Gasteiger partial charge in [0.25, 0.3) is 0 Å². The Balaban J connectivity index is 0.00000132. The highest BCUT2D eigenvalue weighted by Gasteiger charge is 2.33. The SMILES string of the molecule is CN(C1CCc2c(c3ccccc3n2CC(=O)O)C1)S(=O)(=O)c1ccc(F)cc1.[3H]C. The number of carboxylic acid groups (broad SMARTS) is 1. The highest BCUT2D eigenvalue weighted by Crippen LogP contribution is 2.34. The molecule has 0 saturated carbocycles. The van der Waals surface area contributed by atoms with Crippen molar-refractivity contribution >= 4 is 26.9 Å². The molecule has 0 spiro atoms. The van der Waals surface area contributed by atoms with Crippen molar-refractivity contribution in [3.63, 3.8) is 0 Å². The summed E-state index contributed by atoms with van der Waals surface area (Å²) < 4.78 is 48.1. The van der Waals surface area contributed by atoms with Crippen LogP contribution in [0.3, 0.4) is 0 Å². The third kappa shape index (κ3) is 3.73. The quantitative estimate of drug-likeness (QED) is 0.664. The summed E-state index contributed by atoms with van der Waals surface area (Å²) in [7, 11) is -0.961. The van der Waals surface area contributed by atoms with Gasteiger partial charge < -0.3 is 9.67 Å². The van der Waals surface area contributed by atoms with E-state index in [4.69, 9.17) is 1.37 Å². The molecule has 3 aromatic rings. The third-order valence-electron chi connectivity index (χ3n) is 5.65. The Bertz CT molecular complexity index is 1190. The molecule has 1 N–H and O–H groups in total. The maximum absolute atomic E-state index is 13.2. The Morgan fingerprint density at radius 2 is 1.93 bits per heavy atom. The van der Waals surface area contributed by atoms with Crippen LogP contribution in [0.2, 0.25) is 0 Å². The van der Waals surface area contributed by atoms with Gasteiger partial charge in [-0.15, -0.1) is 0 Å². The minimum atomic E-state index is -3.76. The van der Waals surface area contributed by atoms with Crippen molar-refractivity contribution in [2.24, 2.45) is 0 Å². The second kappa shape index (κ2) is 8.20. The average Bonchev–Trinajstić information content (AvgIpc) is 3.07. The molecule has 2 aromatic carbocycles. The molecule has 6 nitrogen and oxygen atoms in total. The number of carboxylic acids is 1. The molecule has 0 amide bonds. The van der Waals surface area contributed by atoms with Gasteiger partial charge in [-0.05, 0) is 55.2 Å². The average molecular weight is 435 g/mol. The van der Waals surface area contributed by atoms with E-state index in [0.29, 0.717) is 19.3 Å². The predicted octanol–water partition coefficient (Wildman–Crippen LogP) is 3.68. The van der Waals surface area contributed by atoms with Gasteiger partial charge in [-0.1, -0.05) is 25.6 Å². The zero-order chi connectivity index (χ0) is 22.8. The van der Waals surface area contributed by atoms with Gasteiger partial charge in [0.05, 0.1) is 4.90 Å². The van der Waals surface area contributed by atoms with Crippen molar-refractivity contribution in [3.8, 4) is 0 Å². The molecule has 160 valence electrons. The number of benzene rings is 2. The Morgan fingerprint density at radius 1 is 1.27 bits per heavy atom. The fraction of sp³-hybridized carbons (Fsp3) is 0.318. The Morgan fingerprint density at radius 3 is 2.60 bits per heavy atom. The first kappa shape index (κ1) is 20.6. The van der Waals surface area contributed by atoms with Gasteiger partial charge in [0.15, 0.2) is 0 Å². The van der Waals surface area contributed by atoms with E-state index in [-0.39, 0.29) is 17.5 Å². The van der Waals surface area contributed by atoms with Gasteiger partial charge in [-0.25, -0.2) is 12.8 Å². The number of hydrogen-bond acceptors (Lipinski definition) is 3. The van der Waals surface area contributed by atoms with Gasteiger partial charge in [-0.3, -0.25) is 4.79 Å². The molecule has 0 saturated heterocycles. The molecule has 8 heteroatoms. The summed E-state index contributed by atoms with van der Waals surface area (Å²) in [6, 6.07) is 12.2. The van der Waals surface area contributed by atoms with E-state index in [2.05, 4.69) is 0 Å². The van der Waals surface area contributed by atoms with E-state index < -0.39 is 21.8 Å². The normalized spacial score (nSPS) is 16.5. The van der Waals surface area contributed by atoms with Crippen molar-refractivity contribution in [1.29, 1.82) is 0 Å². The van der Waals surface area contributed by atoms with Crippen LogP contribution in [0.25, 0.3) is 10.9 Å². The maximum Gasteiger partial charge on any atom is 0.323 e. The molecule has 0 fully saturated rings. The molecule has 4 rings (SSSR count). The van der Waals surface area contributed by atoms with E-state index in [1.54, 1.807) is 7.05 Å². The standard InChI is InChI=1S/C21H21FN2O4S.CH4/c1-23(29(27,28)16-9-6-14(22)7-10-16)15-8-11-20-18(12-15)17-4-2-3-5-19(17)24(20)13-21(25)26;/h2-7,9-10,15H,8,11-13H2,1H3,(H,25,26);1H4/i;1T. The largest absolute Gasteiger partial charge is 0.480 e. The molecule has 0 radical (unpaired) electrons. The first-order chi connectivity index (χ1) is 14.8. The van der Waals surface area contributed by atoms with Crippen molar-refractivity contribution in [1.82, 2.24) is 8.87 Å². The summed E-state index contributed by atoms with van der Waals surface area (Å²) >= 11 is 0. The van der Waals surface area contributed by atoms with Crippen LogP contribution in [0.1, 0.15) is 26.5 Å². The van der Waals surface area contributed by atoms with Gasteiger partial charge >= 0.3 is 5.97 Å². The number of para-hydroxylation sites is 1. The molecule has 1 aliphatic rings. The zero-order valence-corrected chi connectivity index (χ0v) is 17.7. The van der Waals surface area contributed by atoms with Crippen molar-refractivity contribution < 1.29 is 24.1 Å². The zero-order valence-electron chi connectivity index (χ0n) is 17.9. The number of hydrogen-bond donors (Lipinski definition) is 1. The molecule has 1 aromatic heterocycles. The summed E-state index contributed by atoms with van der Waals surface area (Å²) in [6.07, 6.45) is 1.67. The number of aliphatic carboxylic acids is 1. The molecule has 0 bridgehead atoms. The highest BCUT2D eigenvalue weighted by molar-refractivity contribution is 7.89. The fourth-order valence-electron chi connectivity index (χ4n) is 4.18. The van der Waals surface area contributed by atoms with Crippen LogP contribution in [0, 0.1) is 5.82 Å². The van der Waals surface area contributed by atoms with Crippen LogP contribution in [0.5, 0.6) is 0 Å². The van der Waals surface area contributed by atoms with Crippen molar-refractivity contribution in [2.45, 2.75) is 44.1 Å². The van der Waals surface area contributed by atoms with Crippen molar-refractivity contribution in [2.75, 3.05) is 7.05 Å². The smallest absolute Gasteiger partial charge is 0.323 e. The Hall–Kier alpha value is -2.71.